The molecule has 3 rings (SSSR count). The monoisotopic (exact) mass is 188 g/mol. The van der Waals surface area contributed by atoms with Crippen LogP contribution in [0.4, 0.5) is 0 Å². The molecule has 2 aromatic rings. The van der Waals surface area contributed by atoms with Crippen molar-refractivity contribution in [3.05, 3.63) is 36.4 Å². The Bertz CT molecular complexity index is 428. The summed E-state index contributed by atoms with van der Waals surface area (Å²) in [6, 6.07) is 6.06. The molecule has 3 heteroatoms. The molecular formula is C11H12N2O. The van der Waals surface area contributed by atoms with E-state index in [1.807, 2.05) is 12.1 Å². The number of furan rings is 1. The predicted molar refractivity (Wildman–Crippen MR) is 53.8 cm³/mol. The number of nitrogens with one attached hydrogen (secondary N) is 1. The van der Waals surface area contributed by atoms with E-state index in [4.69, 9.17) is 4.42 Å². The van der Waals surface area contributed by atoms with Crippen LogP contribution >= 0.6 is 0 Å². The van der Waals surface area contributed by atoms with Crippen LogP contribution in [-0.2, 0) is 13.1 Å². The molecule has 0 fully saturated rings. The predicted octanol–water partition coefficient (Wildman–Crippen LogP) is 1.85. The fourth-order valence-electron chi connectivity index (χ4n) is 1.97. The highest BCUT2D eigenvalue weighted by atomic mass is 16.3. The molecule has 0 aliphatic carbocycles. The number of hydrogen-bond acceptors (Lipinski definition) is 2. The molecule has 0 amide bonds. The van der Waals surface area contributed by atoms with E-state index in [2.05, 4.69) is 22.1 Å². The lowest BCUT2D eigenvalue weighted by molar-refractivity contribution is 0.514. The van der Waals surface area contributed by atoms with Crippen molar-refractivity contribution < 1.29 is 4.42 Å². The SMILES string of the molecule is c1coc(-c2ccn3c2CNCC3)c1. The molecule has 1 aliphatic heterocycles. The summed E-state index contributed by atoms with van der Waals surface area (Å²) in [7, 11) is 0. The van der Waals surface area contributed by atoms with Crippen molar-refractivity contribution in [3.63, 3.8) is 0 Å². The van der Waals surface area contributed by atoms with Crippen LogP contribution in [0.25, 0.3) is 11.3 Å². The Morgan fingerprint density at radius 2 is 2.36 bits per heavy atom. The van der Waals surface area contributed by atoms with Gasteiger partial charge in [0.2, 0.25) is 0 Å². The number of fused-ring (bicyclic) bond motifs is 1. The van der Waals surface area contributed by atoms with Crippen molar-refractivity contribution in [2.45, 2.75) is 13.1 Å². The molecular weight excluding hydrogens is 176 g/mol. The Morgan fingerprint density at radius 1 is 1.36 bits per heavy atom. The molecule has 3 heterocycles. The van der Waals surface area contributed by atoms with Crippen LogP contribution in [0.1, 0.15) is 5.69 Å². The zero-order valence-electron chi connectivity index (χ0n) is 7.86. The van der Waals surface area contributed by atoms with Crippen molar-refractivity contribution in [2.24, 2.45) is 0 Å². The second-order valence-corrected chi connectivity index (χ2v) is 3.52. The van der Waals surface area contributed by atoms with Gasteiger partial charge in [0, 0.05) is 37.1 Å². The summed E-state index contributed by atoms with van der Waals surface area (Å²) < 4.78 is 7.69. The summed E-state index contributed by atoms with van der Waals surface area (Å²) in [4.78, 5) is 0. The molecule has 1 aliphatic rings. The van der Waals surface area contributed by atoms with E-state index in [0.29, 0.717) is 0 Å². The van der Waals surface area contributed by atoms with E-state index in [1.165, 1.54) is 11.3 Å². The van der Waals surface area contributed by atoms with Crippen LogP contribution in [0.15, 0.2) is 35.1 Å². The van der Waals surface area contributed by atoms with Crippen molar-refractivity contribution in [1.29, 1.82) is 0 Å². The van der Waals surface area contributed by atoms with Gasteiger partial charge < -0.3 is 14.3 Å². The van der Waals surface area contributed by atoms with Gasteiger partial charge in [0.25, 0.3) is 0 Å². The summed E-state index contributed by atoms with van der Waals surface area (Å²) in [6.07, 6.45) is 3.85. The van der Waals surface area contributed by atoms with Crippen LogP contribution in [0.3, 0.4) is 0 Å². The maximum Gasteiger partial charge on any atom is 0.135 e. The first kappa shape index (κ1) is 7.88. The quantitative estimate of drug-likeness (QED) is 0.740. The van der Waals surface area contributed by atoms with Gasteiger partial charge in [-0.1, -0.05) is 0 Å². The molecule has 0 spiro atoms. The number of aromatic nitrogens is 1. The molecule has 3 nitrogen and oxygen atoms in total. The zero-order valence-corrected chi connectivity index (χ0v) is 7.86. The Morgan fingerprint density at radius 3 is 3.21 bits per heavy atom. The van der Waals surface area contributed by atoms with E-state index in [1.54, 1.807) is 6.26 Å². The molecule has 0 unspecified atom stereocenters. The third kappa shape index (κ3) is 1.09. The van der Waals surface area contributed by atoms with Gasteiger partial charge in [0.05, 0.1) is 6.26 Å². The fourth-order valence-corrected chi connectivity index (χ4v) is 1.97. The largest absolute Gasteiger partial charge is 0.464 e. The normalized spacial score (nSPS) is 15.4. The number of nitrogens with zero attached hydrogens (tertiary/aromatic N) is 1. The van der Waals surface area contributed by atoms with Gasteiger partial charge in [-0.05, 0) is 18.2 Å². The molecule has 72 valence electrons. The first-order valence-corrected chi connectivity index (χ1v) is 4.88. The average molecular weight is 188 g/mol. The molecule has 0 saturated carbocycles. The van der Waals surface area contributed by atoms with Gasteiger partial charge in [-0.25, -0.2) is 0 Å². The fraction of sp³-hybridized carbons (Fsp3) is 0.273. The molecule has 0 radical (unpaired) electrons. The van der Waals surface area contributed by atoms with E-state index >= 15 is 0 Å². The molecule has 1 N–H and O–H groups in total. The lowest BCUT2D eigenvalue weighted by Gasteiger charge is -2.17. The molecule has 0 saturated heterocycles. The van der Waals surface area contributed by atoms with Crippen LogP contribution in [0, 0.1) is 0 Å². The maximum absolute atomic E-state index is 5.40. The van der Waals surface area contributed by atoms with E-state index in [0.717, 1.165) is 25.4 Å². The third-order valence-corrected chi connectivity index (χ3v) is 2.69. The highest BCUT2D eigenvalue weighted by Gasteiger charge is 2.14. The number of rotatable bonds is 1. The van der Waals surface area contributed by atoms with Crippen LogP contribution in [0.5, 0.6) is 0 Å². The third-order valence-electron chi connectivity index (χ3n) is 2.69. The standard InChI is InChI=1S/C11H12N2O/c1-2-11(14-7-1)9-3-5-13-6-4-12-8-10(9)13/h1-3,5,7,12H,4,6,8H2. The van der Waals surface area contributed by atoms with E-state index in [-0.39, 0.29) is 0 Å². The summed E-state index contributed by atoms with van der Waals surface area (Å²) >= 11 is 0. The van der Waals surface area contributed by atoms with Gasteiger partial charge in [-0.2, -0.15) is 0 Å². The van der Waals surface area contributed by atoms with Gasteiger partial charge in [-0.15, -0.1) is 0 Å². The first-order chi connectivity index (χ1) is 6.95. The van der Waals surface area contributed by atoms with Gasteiger partial charge >= 0.3 is 0 Å². The van der Waals surface area contributed by atoms with Gasteiger partial charge in [-0.3, -0.25) is 0 Å². The molecule has 0 aromatic carbocycles. The first-order valence-electron chi connectivity index (χ1n) is 4.88. The Balaban J connectivity index is 2.11. The molecule has 0 bridgehead atoms. The Labute approximate surface area is 82.3 Å². The second kappa shape index (κ2) is 3.03. The lowest BCUT2D eigenvalue weighted by atomic mass is 10.2. The maximum atomic E-state index is 5.40. The smallest absolute Gasteiger partial charge is 0.135 e. The van der Waals surface area contributed by atoms with Crippen LogP contribution in [0.2, 0.25) is 0 Å². The van der Waals surface area contributed by atoms with E-state index < -0.39 is 0 Å². The van der Waals surface area contributed by atoms with Crippen molar-refractivity contribution in [2.75, 3.05) is 6.54 Å². The minimum atomic E-state index is 0.934. The minimum absolute atomic E-state index is 0.934. The van der Waals surface area contributed by atoms with E-state index in [9.17, 15) is 0 Å². The van der Waals surface area contributed by atoms with Crippen LogP contribution in [-0.4, -0.2) is 11.1 Å². The summed E-state index contributed by atoms with van der Waals surface area (Å²) in [5.41, 5.74) is 2.54. The van der Waals surface area contributed by atoms with Crippen LogP contribution < -0.4 is 5.32 Å². The summed E-state index contributed by atoms with van der Waals surface area (Å²) in [5.74, 6) is 0.961. The molecule has 0 atom stereocenters. The van der Waals surface area contributed by atoms with Gasteiger partial charge in [0.1, 0.15) is 5.76 Å². The molecule has 14 heavy (non-hydrogen) atoms. The highest BCUT2D eigenvalue weighted by Crippen LogP contribution is 2.26. The Kier molecular flexibility index (Phi) is 1.70. The number of hydrogen-bond donors (Lipinski definition) is 1. The minimum Gasteiger partial charge on any atom is -0.464 e. The molecule has 2 aromatic heterocycles. The highest BCUT2D eigenvalue weighted by molar-refractivity contribution is 5.61. The Hall–Kier alpha value is -1.48. The van der Waals surface area contributed by atoms with Crippen molar-refractivity contribution >= 4 is 0 Å². The summed E-state index contributed by atoms with van der Waals surface area (Å²) in [5, 5.41) is 3.37. The van der Waals surface area contributed by atoms with Crippen molar-refractivity contribution in [1.82, 2.24) is 9.88 Å². The topological polar surface area (TPSA) is 30.1 Å². The zero-order chi connectivity index (χ0) is 9.38. The van der Waals surface area contributed by atoms with Gasteiger partial charge in [0.15, 0.2) is 0 Å². The second-order valence-electron chi connectivity index (χ2n) is 3.52. The van der Waals surface area contributed by atoms with Crippen molar-refractivity contribution in [3.8, 4) is 11.3 Å². The lowest BCUT2D eigenvalue weighted by Crippen LogP contribution is -2.27. The average Bonchev–Trinajstić information content (AvgIpc) is 2.85. The summed E-state index contributed by atoms with van der Waals surface area (Å²) in [6.45, 7) is 3.04.